The monoisotopic (exact) mass is 280 g/mol. The van der Waals surface area contributed by atoms with Gasteiger partial charge >= 0.3 is 0 Å². The predicted octanol–water partition coefficient (Wildman–Crippen LogP) is 3.77. The number of rotatable bonds is 4. The van der Waals surface area contributed by atoms with Gasteiger partial charge in [-0.25, -0.2) is 0 Å². The number of hydrogen-bond donors (Lipinski definition) is 1. The SMILES string of the molecule is CNC1CCC(C(C)C)CC1CN1CCCC(C)(C)C1. The van der Waals surface area contributed by atoms with Crippen molar-refractivity contribution in [1.82, 2.24) is 10.2 Å². The summed E-state index contributed by atoms with van der Waals surface area (Å²) in [5, 5.41) is 3.60. The van der Waals surface area contributed by atoms with Crippen LogP contribution in [0, 0.1) is 23.2 Å². The third kappa shape index (κ3) is 4.21. The first kappa shape index (κ1) is 16.3. The molecular weight excluding hydrogens is 244 g/mol. The largest absolute Gasteiger partial charge is 0.317 e. The Labute approximate surface area is 126 Å². The molecule has 2 nitrogen and oxygen atoms in total. The van der Waals surface area contributed by atoms with E-state index < -0.39 is 0 Å². The molecule has 0 aromatic rings. The molecule has 1 saturated carbocycles. The lowest BCUT2D eigenvalue weighted by molar-refractivity contribution is 0.0703. The second-order valence-electron chi connectivity index (χ2n) is 8.48. The maximum Gasteiger partial charge on any atom is 0.0105 e. The van der Waals surface area contributed by atoms with E-state index in [9.17, 15) is 0 Å². The molecule has 1 heterocycles. The highest BCUT2D eigenvalue weighted by atomic mass is 15.1. The van der Waals surface area contributed by atoms with Crippen LogP contribution in [0.2, 0.25) is 0 Å². The van der Waals surface area contributed by atoms with Gasteiger partial charge in [0.25, 0.3) is 0 Å². The number of hydrogen-bond acceptors (Lipinski definition) is 2. The van der Waals surface area contributed by atoms with Gasteiger partial charge in [0, 0.05) is 19.1 Å². The molecule has 0 aromatic heterocycles. The minimum absolute atomic E-state index is 0.527. The quantitative estimate of drug-likeness (QED) is 0.843. The van der Waals surface area contributed by atoms with Crippen molar-refractivity contribution in [3.63, 3.8) is 0 Å². The average molecular weight is 280 g/mol. The van der Waals surface area contributed by atoms with Crippen molar-refractivity contribution in [1.29, 1.82) is 0 Å². The van der Waals surface area contributed by atoms with Crippen LogP contribution in [0.25, 0.3) is 0 Å². The molecule has 0 amide bonds. The molecule has 3 atom stereocenters. The van der Waals surface area contributed by atoms with Crippen LogP contribution in [0.3, 0.4) is 0 Å². The topological polar surface area (TPSA) is 15.3 Å². The van der Waals surface area contributed by atoms with E-state index >= 15 is 0 Å². The molecule has 1 N–H and O–H groups in total. The molecule has 0 aromatic carbocycles. The third-order valence-corrected chi connectivity index (χ3v) is 5.81. The summed E-state index contributed by atoms with van der Waals surface area (Å²) in [6.07, 6.45) is 7.02. The van der Waals surface area contributed by atoms with Gasteiger partial charge in [-0.15, -0.1) is 0 Å². The van der Waals surface area contributed by atoms with Crippen molar-refractivity contribution < 1.29 is 0 Å². The summed E-state index contributed by atoms with van der Waals surface area (Å²) in [6.45, 7) is 13.6. The molecule has 1 aliphatic carbocycles. The van der Waals surface area contributed by atoms with Crippen LogP contribution >= 0.6 is 0 Å². The van der Waals surface area contributed by atoms with E-state index in [1.54, 1.807) is 0 Å². The standard InChI is InChI=1S/C18H36N2/c1-14(2)15-7-8-17(19-5)16(11-15)12-20-10-6-9-18(3,4)13-20/h14-17,19H,6-13H2,1-5H3. The summed E-state index contributed by atoms with van der Waals surface area (Å²) in [4.78, 5) is 2.75. The Kier molecular flexibility index (Phi) is 5.53. The van der Waals surface area contributed by atoms with Crippen molar-refractivity contribution in [3.05, 3.63) is 0 Å². The number of likely N-dealkylation sites (tertiary alicyclic amines) is 1. The van der Waals surface area contributed by atoms with Crippen LogP contribution in [0.15, 0.2) is 0 Å². The van der Waals surface area contributed by atoms with Crippen molar-refractivity contribution in [2.45, 2.75) is 65.8 Å². The molecule has 20 heavy (non-hydrogen) atoms. The van der Waals surface area contributed by atoms with E-state index in [0.717, 1.165) is 23.8 Å². The van der Waals surface area contributed by atoms with Gasteiger partial charge in [0.1, 0.15) is 0 Å². The molecule has 1 saturated heterocycles. The minimum atomic E-state index is 0.527. The summed E-state index contributed by atoms with van der Waals surface area (Å²) in [5.74, 6) is 2.66. The van der Waals surface area contributed by atoms with Crippen LogP contribution < -0.4 is 5.32 Å². The van der Waals surface area contributed by atoms with E-state index in [-0.39, 0.29) is 0 Å². The normalized spacial score (nSPS) is 35.4. The Morgan fingerprint density at radius 1 is 1.25 bits per heavy atom. The summed E-state index contributed by atoms with van der Waals surface area (Å²) in [7, 11) is 2.16. The van der Waals surface area contributed by atoms with Gasteiger partial charge in [0.2, 0.25) is 0 Å². The van der Waals surface area contributed by atoms with Crippen LogP contribution in [-0.4, -0.2) is 37.6 Å². The molecule has 2 rings (SSSR count). The van der Waals surface area contributed by atoms with Crippen molar-refractivity contribution in [2.24, 2.45) is 23.2 Å². The fourth-order valence-electron chi connectivity index (χ4n) is 4.52. The molecular formula is C18H36N2. The fraction of sp³-hybridized carbons (Fsp3) is 1.00. The third-order valence-electron chi connectivity index (χ3n) is 5.81. The van der Waals surface area contributed by atoms with Gasteiger partial charge in [-0.1, -0.05) is 27.7 Å². The molecule has 0 radical (unpaired) electrons. The fourth-order valence-corrected chi connectivity index (χ4v) is 4.52. The first-order chi connectivity index (χ1) is 9.41. The van der Waals surface area contributed by atoms with E-state index in [1.165, 1.54) is 51.7 Å². The van der Waals surface area contributed by atoms with Gasteiger partial charge in [-0.2, -0.15) is 0 Å². The van der Waals surface area contributed by atoms with E-state index in [0.29, 0.717) is 5.41 Å². The highest BCUT2D eigenvalue weighted by Crippen LogP contribution is 2.36. The molecule has 2 heteroatoms. The number of nitrogens with one attached hydrogen (secondary N) is 1. The highest BCUT2D eigenvalue weighted by molar-refractivity contribution is 4.89. The summed E-state index contributed by atoms with van der Waals surface area (Å²) < 4.78 is 0. The van der Waals surface area contributed by atoms with Gasteiger partial charge in [0.05, 0.1) is 0 Å². The van der Waals surface area contributed by atoms with Gasteiger partial charge in [-0.3, -0.25) is 0 Å². The smallest absolute Gasteiger partial charge is 0.0105 e. The average Bonchev–Trinajstić information content (AvgIpc) is 2.37. The molecule has 0 bridgehead atoms. The van der Waals surface area contributed by atoms with E-state index in [2.05, 4.69) is 45.0 Å². The van der Waals surface area contributed by atoms with E-state index in [4.69, 9.17) is 0 Å². The predicted molar refractivity (Wildman–Crippen MR) is 88.0 cm³/mol. The Balaban J connectivity index is 1.93. The Morgan fingerprint density at radius 2 is 2.00 bits per heavy atom. The van der Waals surface area contributed by atoms with Crippen molar-refractivity contribution in [3.8, 4) is 0 Å². The highest BCUT2D eigenvalue weighted by Gasteiger charge is 2.34. The van der Waals surface area contributed by atoms with Gasteiger partial charge < -0.3 is 10.2 Å². The lowest BCUT2D eigenvalue weighted by Crippen LogP contribution is -2.48. The van der Waals surface area contributed by atoms with Crippen molar-refractivity contribution in [2.75, 3.05) is 26.7 Å². The molecule has 2 aliphatic rings. The summed E-state index contributed by atoms with van der Waals surface area (Å²) in [6, 6.07) is 0.745. The molecule has 1 aliphatic heterocycles. The first-order valence-corrected chi connectivity index (χ1v) is 8.81. The zero-order valence-corrected chi connectivity index (χ0v) is 14.4. The lowest BCUT2D eigenvalue weighted by Gasteiger charge is -2.44. The molecule has 3 unspecified atom stereocenters. The molecule has 2 fully saturated rings. The van der Waals surface area contributed by atoms with Gasteiger partial charge in [0.15, 0.2) is 0 Å². The maximum absolute atomic E-state index is 3.60. The summed E-state index contributed by atoms with van der Waals surface area (Å²) in [5.41, 5.74) is 0.527. The second-order valence-corrected chi connectivity index (χ2v) is 8.48. The van der Waals surface area contributed by atoms with Crippen LogP contribution in [-0.2, 0) is 0 Å². The van der Waals surface area contributed by atoms with E-state index in [1.807, 2.05) is 0 Å². The zero-order valence-electron chi connectivity index (χ0n) is 14.4. The second kappa shape index (κ2) is 6.79. The summed E-state index contributed by atoms with van der Waals surface area (Å²) >= 11 is 0. The zero-order chi connectivity index (χ0) is 14.8. The Bertz CT molecular complexity index is 298. The lowest BCUT2D eigenvalue weighted by atomic mass is 9.73. The van der Waals surface area contributed by atoms with Crippen LogP contribution in [0.5, 0.6) is 0 Å². The van der Waals surface area contributed by atoms with Crippen LogP contribution in [0.1, 0.15) is 59.8 Å². The Morgan fingerprint density at radius 3 is 2.60 bits per heavy atom. The minimum Gasteiger partial charge on any atom is -0.317 e. The Hall–Kier alpha value is -0.0800. The number of piperidine rings is 1. The first-order valence-electron chi connectivity index (χ1n) is 8.81. The number of nitrogens with zero attached hydrogens (tertiary/aromatic N) is 1. The van der Waals surface area contributed by atoms with Gasteiger partial charge in [-0.05, 0) is 68.9 Å². The van der Waals surface area contributed by atoms with Crippen LogP contribution in [0.4, 0.5) is 0 Å². The maximum atomic E-state index is 3.60. The molecule has 0 spiro atoms. The molecule has 118 valence electrons. The van der Waals surface area contributed by atoms with Crippen molar-refractivity contribution >= 4 is 0 Å².